The van der Waals surface area contributed by atoms with E-state index in [1.807, 2.05) is 19.1 Å². The van der Waals surface area contributed by atoms with Gasteiger partial charge in [0.05, 0.1) is 13.7 Å². The number of allylic oxidation sites excluding steroid dienone is 1. The highest BCUT2D eigenvalue weighted by Crippen LogP contribution is 2.28. The summed E-state index contributed by atoms with van der Waals surface area (Å²) in [5.74, 6) is 0.690. The van der Waals surface area contributed by atoms with Crippen LogP contribution in [0.2, 0.25) is 0 Å². The minimum atomic E-state index is -1.01. The number of nitrogens with one attached hydrogen (secondary N) is 1. The maximum atomic E-state index is 12.3. The molecule has 0 radical (unpaired) electrons. The van der Waals surface area contributed by atoms with Crippen molar-refractivity contribution in [3.05, 3.63) is 36.4 Å². The number of aliphatic hydroxyl groups is 1. The van der Waals surface area contributed by atoms with Gasteiger partial charge in [0.1, 0.15) is 18.2 Å². The Hall–Kier alpha value is -2.54. The van der Waals surface area contributed by atoms with Crippen LogP contribution in [-0.4, -0.2) is 53.8 Å². The van der Waals surface area contributed by atoms with Gasteiger partial charge < -0.3 is 19.9 Å². The minimum Gasteiger partial charge on any atom is -0.493 e. The van der Waals surface area contributed by atoms with Crippen LogP contribution in [0.1, 0.15) is 25.8 Å². The second kappa shape index (κ2) is 8.23. The van der Waals surface area contributed by atoms with Crippen molar-refractivity contribution >= 4 is 11.9 Å². The first-order valence-corrected chi connectivity index (χ1v) is 8.57. The average Bonchev–Trinajstić information content (AvgIpc) is 2.84. The van der Waals surface area contributed by atoms with Gasteiger partial charge in [-0.05, 0) is 37.5 Å². The third kappa shape index (κ3) is 4.16. The van der Waals surface area contributed by atoms with E-state index in [2.05, 4.69) is 11.9 Å². The lowest BCUT2D eigenvalue weighted by Gasteiger charge is -2.21. The summed E-state index contributed by atoms with van der Waals surface area (Å²) in [6, 6.07) is 4.99. The Labute approximate surface area is 153 Å². The van der Waals surface area contributed by atoms with Crippen molar-refractivity contribution in [1.82, 2.24) is 10.2 Å². The molecule has 7 nitrogen and oxygen atoms in total. The molecule has 142 valence electrons. The molecule has 0 aliphatic carbocycles. The van der Waals surface area contributed by atoms with Gasteiger partial charge in [-0.15, -0.1) is 6.58 Å². The molecule has 1 heterocycles. The summed E-state index contributed by atoms with van der Waals surface area (Å²) in [5, 5.41) is 12.9. The van der Waals surface area contributed by atoms with Crippen LogP contribution in [0.3, 0.4) is 0 Å². The maximum Gasteiger partial charge on any atom is 0.325 e. The summed E-state index contributed by atoms with van der Waals surface area (Å²) >= 11 is 0. The number of hydrogen-bond donors (Lipinski definition) is 2. The summed E-state index contributed by atoms with van der Waals surface area (Å²) < 4.78 is 10.9. The van der Waals surface area contributed by atoms with Crippen LogP contribution in [-0.2, 0) is 11.2 Å². The van der Waals surface area contributed by atoms with E-state index in [0.29, 0.717) is 24.3 Å². The number of hydrogen-bond acceptors (Lipinski definition) is 5. The Morgan fingerprint density at radius 1 is 1.38 bits per heavy atom. The molecule has 2 atom stereocenters. The minimum absolute atomic E-state index is 0.0724. The Morgan fingerprint density at radius 3 is 2.69 bits per heavy atom. The van der Waals surface area contributed by atoms with Gasteiger partial charge in [0.2, 0.25) is 0 Å². The van der Waals surface area contributed by atoms with Gasteiger partial charge >= 0.3 is 6.03 Å². The van der Waals surface area contributed by atoms with Gasteiger partial charge in [-0.2, -0.15) is 0 Å². The predicted octanol–water partition coefficient (Wildman–Crippen LogP) is 1.88. The maximum absolute atomic E-state index is 12.3. The fourth-order valence-corrected chi connectivity index (χ4v) is 2.73. The SMILES string of the molecule is C=CCc1ccc(OC[C@@H](O)CN2C(=O)N[C@](C)(CC)C2=O)c(OC)c1. The number of nitrogens with zero attached hydrogens (tertiary/aromatic N) is 1. The number of imide groups is 1. The Kier molecular flexibility index (Phi) is 6.26. The van der Waals surface area contributed by atoms with Gasteiger partial charge in [-0.3, -0.25) is 9.69 Å². The molecule has 2 N–H and O–H groups in total. The standard InChI is InChI=1S/C19H26N2O5/c1-5-7-13-8-9-15(16(10-13)25-4)26-12-14(22)11-21-17(23)19(3,6-2)20-18(21)24/h5,8-10,14,22H,1,6-7,11-12H2,2-4H3,(H,20,24)/t14-,19+/m0/s1. The smallest absolute Gasteiger partial charge is 0.325 e. The number of methoxy groups -OCH3 is 1. The second-order valence-electron chi connectivity index (χ2n) is 6.47. The number of benzene rings is 1. The molecule has 1 saturated heterocycles. The molecule has 3 amide bonds. The summed E-state index contributed by atoms with van der Waals surface area (Å²) in [7, 11) is 1.54. The van der Waals surface area contributed by atoms with Crippen molar-refractivity contribution < 1.29 is 24.2 Å². The van der Waals surface area contributed by atoms with Crippen LogP contribution < -0.4 is 14.8 Å². The molecular formula is C19H26N2O5. The first-order chi connectivity index (χ1) is 12.3. The number of β-amino-alcohol motifs (C(OH)–C–C–N with tert-alkyl or cyclic N) is 1. The predicted molar refractivity (Wildman–Crippen MR) is 97.3 cm³/mol. The molecule has 7 heteroatoms. The first kappa shape index (κ1) is 19.8. The fourth-order valence-electron chi connectivity index (χ4n) is 2.73. The molecular weight excluding hydrogens is 336 g/mol. The normalized spacial score (nSPS) is 20.7. The molecule has 0 unspecified atom stereocenters. The van der Waals surface area contributed by atoms with Gasteiger partial charge in [-0.1, -0.05) is 19.1 Å². The van der Waals surface area contributed by atoms with Gasteiger partial charge in [-0.25, -0.2) is 4.79 Å². The zero-order valence-electron chi connectivity index (χ0n) is 15.4. The topological polar surface area (TPSA) is 88.1 Å². The van der Waals surface area contributed by atoms with Crippen LogP contribution in [0.15, 0.2) is 30.9 Å². The molecule has 2 rings (SSSR count). The second-order valence-corrected chi connectivity index (χ2v) is 6.47. The number of rotatable bonds is 9. The number of carbonyl (C=O) groups is 2. The highest BCUT2D eigenvalue weighted by Gasteiger charge is 2.46. The molecule has 1 aromatic rings. The van der Waals surface area contributed by atoms with Gasteiger partial charge in [0.15, 0.2) is 11.5 Å². The molecule has 0 spiro atoms. The number of aliphatic hydroxyl groups excluding tert-OH is 1. The molecule has 1 aliphatic heterocycles. The van der Waals surface area contributed by atoms with Crippen molar-refractivity contribution in [2.24, 2.45) is 0 Å². The van der Waals surface area contributed by atoms with Crippen molar-refractivity contribution in [2.75, 3.05) is 20.3 Å². The molecule has 0 aromatic heterocycles. The fraction of sp³-hybridized carbons (Fsp3) is 0.474. The van der Waals surface area contributed by atoms with Crippen LogP contribution >= 0.6 is 0 Å². The van der Waals surface area contributed by atoms with Crippen molar-refractivity contribution in [3.8, 4) is 11.5 Å². The van der Waals surface area contributed by atoms with Gasteiger partial charge in [0, 0.05) is 0 Å². The lowest BCUT2D eigenvalue weighted by molar-refractivity contribution is -0.132. The van der Waals surface area contributed by atoms with E-state index >= 15 is 0 Å². The third-order valence-corrected chi connectivity index (χ3v) is 4.48. The van der Waals surface area contributed by atoms with E-state index in [4.69, 9.17) is 9.47 Å². The van der Waals surface area contributed by atoms with E-state index in [1.54, 1.807) is 19.1 Å². The largest absolute Gasteiger partial charge is 0.493 e. The van der Waals surface area contributed by atoms with Gasteiger partial charge in [0.25, 0.3) is 5.91 Å². The lowest BCUT2D eigenvalue weighted by Crippen LogP contribution is -2.44. The van der Waals surface area contributed by atoms with Crippen LogP contribution in [0.25, 0.3) is 0 Å². The Morgan fingerprint density at radius 2 is 2.12 bits per heavy atom. The van der Waals surface area contributed by atoms with E-state index in [-0.39, 0.29) is 19.1 Å². The van der Waals surface area contributed by atoms with Crippen molar-refractivity contribution in [2.45, 2.75) is 38.3 Å². The van der Waals surface area contributed by atoms with Crippen molar-refractivity contribution in [1.29, 1.82) is 0 Å². The highest BCUT2D eigenvalue weighted by atomic mass is 16.5. The molecule has 1 aliphatic rings. The van der Waals surface area contributed by atoms with E-state index in [0.717, 1.165) is 10.5 Å². The molecule has 1 fully saturated rings. The quantitative estimate of drug-likeness (QED) is 0.517. The number of urea groups is 1. The molecule has 0 saturated carbocycles. The van der Waals surface area contributed by atoms with Crippen LogP contribution in [0.5, 0.6) is 11.5 Å². The van der Waals surface area contributed by atoms with E-state index in [9.17, 15) is 14.7 Å². The number of carbonyl (C=O) groups excluding carboxylic acids is 2. The highest BCUT2D eigenvalue weighted by molar-refractivity contribution is 6.06. The Balaban J connectivity index is 1.97. The molecule has 0 bridgehead atoms. The molecule has 1 aromatic carbocycles. The number of ether oxygens (including phenoxy) is 2. The van der Waals surface area contributed by atoms with Crippen LogP contribution in [0.4, 0.5) is 4.79 Å². The summed E-state index contributed by atoms with van der Waals surface area (Å²) in [4.78, 5) is 25.4. The summed E-state index contributed by atoms with van der Waals surface area (Å²) in [5.41, 5.74) is 0.116. The summed E-state index contributed by atoms with van der Waals surface area (Å²) in [6.07, 6.45) is 1.97. The monoisotopic (exact) mass is 362 g/mol. The zero-order chi connectivity index (χ0) is 19.3. The van der Waals surface area contributed by atoms with E-state index in [1.165, 1.54) is 7.11 Å². The number of amides is 3. The molecule has 26 heavy (non-hydrogen) atoms. The Bertz CT molecular complexity index is 691. The van der Waals surface area contributed by atoms with E-state index < -0.39 is 17.7 Å². The zero-order valence-corrected chi connectivity index (χ0v) is 15.4. The average molecular weight is 362 g/mol. The third-order valence-electron chi connectivity index (χ3n) is 4.48. The lowest BCUT2D eigenvalue weighted by atomic mass is 9.99. The first-order valence-electron chi connectivity index (χ1n) is 8.57. The van der Waals surface area contributed by atoms with Crippen LogP contribution in [0, 0.1) is 0 Å². The summed E-state index contributed by atoms with van der Waals surface area (Å²) in [6.45, 7) is 7.00. The van der Waals surface area contributed by atoms with Crippen molar-refractivity contribution in [3.63, 3.8) is 0 Å².